The number of aliphatic carboxylic acids is 1. The lowest BCUT2D eigenvalue weighted by Gasteiger charge is -2.41. The van der Waals surface area contributed by atoms with Crippen molar-refractivity contribution >= 4 is 17.7 Å². The maximum Gasteiger partial charge on any atom is 0.310 e. The highest BCUT2D eigenvalue weighted by atomic mass is 16.5. The Morgan fingerprint density at radius 1 is 1.45 bits per heavy atom. The van der Waals surface area contributed by atoms with Gasteiger partial charge in [-0.2, -0.15) is 0 Å². The fraction of sp³-hybridized carbons (Fsp3) is 0.786. The van der Waals surface area contributed by atoms with Gasteiger partial charge in [0, 0.05) is 23.7 Å². The Morgan fingerprint density at radius 2 is 2.10 bits per heavy atom. The van der Waals surface area contributed by atoms with Gasteiger partial charge in [0.2, 0.25) is 0 Å². The van der Waals surface area contributed by atoms with Crippen molar-refractivity contribution < 1.29 is 29.0 Å². The first-order valence-corrected chi connectivity index (χ1v) is 6.74. The first-order valence-electron chi connectivity index (χ1n) is 6.74. The molecule has 3 rings (SSSR count). The first-order chi connectivity index (χ1) is 9.29. The minimum Gasteiger partial charge on any atom is -0.481 e. The van der Waals surface area contributed by atoms with Gasteiger partial charge in [-0.1, -0.05) is 6.92 Å². The van der Waals surface area contributed by atoms with Crippen molar-refractivity contribution in [3.05, 3.63) is 0 Å². The number of carboxylic acids is 1. The Kier molecular flexibility index (Phi) is 2.58. The fourth-order valence-corrected chi connectivity index (χ4v) is 4.81. The van der Waals surface area contributed by atoms with Crippen LogP contribution in [0.15, 0.2) is 0 Å². The van der Waals surface area contributed by atoms with Gasteiger partial charge in [0.1, 0.15) is 6.10 Å². The first kappa shape index (κ1) is 13.5. The van der Waals surface area contributed by atoms with E-state index >= 15 is 0 Å². The molecule has 0 spiro atoms. The summed E-state index contributed by atoms with van der Waals surface area (Å²) in [5, 5.41) is 9.68. The number of carbonyl (C=O) groups is 3. The largest absolute Gasteiger partial charge is 0.481 e. The summed E-state index contributed by atoms with van der Waals surface area (Å²) >= 11 is 0. The molecule has 2 aliphatic carbocycles. The Bertz CT molecular complexity index is 514. The number of ketones is 1. The van der Waals surface area contributed by atoms with E-state index in [0.717, 1.165) is 0 Å². The lowest BCUT2D eigenvalue weighted by atomic mass is 9.58. The molecule has 3 aliphatic rings. The number of hydrogen-bond acceptors (Lipinski definition) is 5. The smallest absolute Gasteiger partial charge is 0.310 e. The zero-order valence-corrected chi connectivity index (χ0v) is 11.7. The monoisotopic (exact) mass is 282 g/mol. The van der Waals surface area contributed by atoms with Gasteiger partial charge in [0.25, 0.3) is 0 Å². The predicted octanol–water partition coefficient (Wildman–Crippen LogP) is 0.490. The molecule has 1 aliphatic heterocycles. The van der Waals surface area contributed by atoms with E-state index in [1.54, 1.807) is 6.92 Å². The number of rotatable bonds is 3. The van der Waals surface area contributed by atoms with Crippen molar-refractivity contribution in [2.45, 2.75) is 26.4 Å². The zero-order chi connectivity index (χ0) is 14.9. The second kappa shape index (κ2) is 3.81. The van der Waals surface area contributed by atoms with Crippen LogP contribution in [-0.2, 0) is 23.9 Å². The summed E-state index contributed by atoms with van der Waals surface area (Å²) in [5.41, 5.74) is -1.79. The molecule has 1 saturated heterocycles. The molecule has 3 fully saturated rings. The van der Waals surface area contributed by atoms with E-state index in [1.165, 1.54) is 7.11 Å². The molecular weight excluding hydrogens is 264 g/mol. The Hall–Kier alpha value is -1.43. The molecule has 1 heterocycles. The minimum atomic E-state index is -1.18. The summed E-state index contributed by atoms with van der Waals surface area (Å²) in [4.78, 5) is 35.8. The standard InChI is InChI=1S/C14H18O6/c1-13-5-20-11-9(13)6(4-7(15)19-3)8(10(11)16)14(13,2)12(17)18/h6,8-9,11H,4-5H2,1-3H3,(H,17,18). The third kappa shape index (κ3) is 1.21. The third-order valence-corrected chi connectivity index (χ3v) is 5.98. The highest BCUT2D eigenvalue weighted by molar-refractivity contribution is 5.97. The molecule has 0 radical (unpaired) electrons. The lowest BCUT2D eigenvalue weighted by Crippen LogP contribution is -2.52. The fourth-order valence-electron chi connectivity index (χ4n) is 4.81. The molecule has 6 unspecified atom stereocenters. The molecule has 6 heteroatoms. The van der Waals surface area contributed by atoms with Crippen molar-refractivity contribution in [3.8, 4) is 0 Å². The summed E-state index contributed by atoms with van der Waals surface area (Å²) in [5.74, 6) is -2.73. The third-order valence-electron chi connectivity index (χ3n) is 5.98. The van der Waals surface area contributed by atoms with Crippen molar-refractivity contribution in [1.29, 1.82) is 0 Å². The molecule has 0 aromatic carbocycles. The number of carbonyl (C=O) groups excluding carboxylic acids is 2. The normalized spacial score (nSPS) is 48.6. The van der Waals surface area contributed by atoms with E-state index in [0.29, 0.717) is 0 Å². The van der Waals surface area contributed by atoms with Crippen LogP contribution < -0.4 is 0 Å². The van der Waals surface area contributed by atoms with Crippen LogP contribution in [0.5, 0.6) is 0 Å². The number of methoxy groups -OCH3 is 1. The molecule has 6 nitrogen and oxygen atoms in total. The van der Waals surface area contributed by atoms with Gasteiger partial charge in [0.05, 0.1) is 19.1 Å². The molecule has 2 saturated carbocycles. The Labute approximate surface area is 116 Å². The van der Waals surface area contributed by atoms with E-state index in [-0.39, 0.29) is 30.6 Å². The number of hydrogen-bond donors (Lipinski definition) is 1. The number of ether oxygens (including phenoxy) is 2. The average Bonchev–Trinajstić information content (AvgIpc) is 2.91. The summed E-state index contributed by atoms with van der Waals surface area (Å²) in [6.07, 6.45) is -0.470. The van der Waals surface area contributed by atoms with Crippen LogP contribution >= 0.6 is 0 Å². The van der Waals surface area contributed by atoms with Gasteiger partial charge in [-0.15, -0.1) is 0 Å². The molecule has 6 atom stereocenters. The van der Waals surface area contributed by atoms with Crippen LogP contribution in [-0.4, -0.2) is 42.6 Å². The number of fused-ring (bicyclic) bond motifs is 1. The molecule has 0 aromatic rings. The van der Waals surface area contributed by atoms with Gasteiger partial charge in [-0.25, -0.2) is 0 Å². The lowest BCUT2D eigenvalue weighted by molar-refractivity contribution is -0.162. The maximum atomic E-state index is 12.4. The van der Waals surface area contributed by atoms with Crippen LogP contribution in [0.4, 0.5) is 0 Å². The molecule has 1 N–H and O–H groups in total. The van der Waals surface area contributed by atoms with Crippen LogP contribution in [0, 0.1) is 28.6 Å². The number of Topliss-reactive ketones (excluding diaryl/α,β-unsaturated/α-hetero) is 1. The topological polar surface area (TPSA) is 89.9 Å². The van der Waals surface area contributed by atoms with Crippen LogP contribution in [0.3, 0.4) is 0 Å². The quantitative estimate of drug-likeness (QED) is 0.758. The van der Waals surface area contributed by atoms with Crippen LogP contribution in [0.2, 0.25) is 0 Å². The summed E-state index contributed by atoms with van der Waals surface area (Å²) in [6, 6.07) is 0. The van der Waals surface area contributed by atoms with Crippen molar-refractivity contribution in [2.24, 2.45) is 28.6 Å². The zero-order valence-electron chi connectivity index (χ0n) is 11.7. The summed E-state index contributed by atoms with van der Waals surface area (Å²) < 4.78 is 10.3. The summed E-state index contributed by atoms with van der Waals surface area (Å²) in [7, 11) is 1.30. The van der Waals surface area contributed by atoms with E-state index in [2.05, 4.69) is 4.74 Å². The molecular formula is C14H18O6. The van der Waals surface area contributed by atoms with Crippen LogP contribution in [0.25, 0.3) is 0 Å². The van der Waals surface area contributed by atoms with E-state index in [4.69, 9.17) is 4.74 Å². The van der Waals surface area contributed by atoms with Crippen molar-refractivity contribution in [1.82, 2.24) is 0 Å². The highest BCUT2D eigenvalue weighted by Gasteiger charge is 2.80. The molecule has 20 heavy (non-hydrogen) atoms. The minimum absolute atomic E-state index is 0.0793. The molecule has 0 amide bonds. The van der Waals surface area contributed by atoms with Gasteiger partial charge >= 0.3 is 11.9 Å². The molecule has 2 bridgehead atoms. The van der Waals surface area contributed by atoms with Gasteiger partial charge in [-0.05, 0) is 12.8 Å². The predicted molar refractivity (Wildman–Crippen MR) is 65.7 cm³/mol. The van der Waals surface area contributed by atoms with Gasteiger partial charge in [-0.3, -0.25) is 14.4 Å². The molecule has 0 aromatic heterocycles. The van der Waals surface area contributed by atoms with Crippen molar-refractivity contribution in [2.75, 3.05) is 13.7 Å². The van der Waals surface area contributed by atoms with E-state index in [1.807, 2.05) is 6.92 Å². The number of esters is 1. The highest BCUT2D eigenvalue weighted by Crippen LogP contribution is 2.71. The Balaban J connectivity index is 2.08. The van der Waals surface area contributed by atoms with Gasteiger partial charge in [0.15, 0.2) is 5.78 Å². The molecule has 110 valence electrons. The Morgan fingerprint density at radius 3 is 2.65 bits per heavy atom. The second-order valence-corrected chi connectivity index (χ2v) is 6.51. The average molecular weight is 282 g/mol. The second-order valence-electron chi connectivity index (χ2n) is 6.51. The van der Waals surface area contributed by atoms with Gasteiger partial charge < -0.3 is 14.6 Å². The van der Waals surface area contributed by atoms with E-state index < -0.39 is 34.8 Å². The van der Waals surface area contributed by atoms with Crippen molar-refractivity contribution in [3.63, 3.8) is 0 Å². The maximum absolute atomic E-state index is 12.4. The SMILES string of the molecule is COC(=O)CC1C2C3OCC2(C)C(C)(C(=O)O)C1C3=O. The number of carboxylic acid groups (broad SMARTS) is 1. The van der Waals surface area contributed by atoms with E-state index in [9.17, 15) is 19.5 Å². The van der Waals surface area contributed by atoms with Crippen LogP contribution in [0.1, 0.15) is 20.3 Å². The summed E-state index contributed by atoms with van der Waals surface area (Å²) in [6.45, 7) is 3.74.